The average Bonchev–Trinajstić information content (AvgIpc) is 2.41. The molecule has 7 heteroatoms. The van der Waals surface area contributed by atoms with Gasteiger partial charge in [-0.05, 0) is 18.2 Å². The van der Waals surface area contributed by atoms with Gasteiger partial charge in [0.15, 0.2) is 0 Å². The van der Waals surface area contributed by atoms with Crippen molar-refractivity contribution in [2.45, 2.75) is 0 Å². The molecule has 20 heavy (non-hydrogen) atoms. The molecule has 2 aromatic rings. The summed E-state index contributed by atoms with van der Waals surface area (Å²) in [6.07, 6.45) is 1.19. The SMILES string of the molecule is NC(=O)c1cccc(Oc2cc(C(=O)O)c(N)cn2)c1. The lowest BCUT2D eigenvalue weighted by Crippen LogP contribution is -2.10. The molecule has 0 aliphatic carbocycles. The fourth-order valence-corrected chi connectivity index (χ4v) is 1.52. The van der Waals surface area contributed by atoms with Gasteiger partial charge in [0, 0.05) is 11.6 Å². The molecule has 0 atom stereocenters. The van der Waals surface area contributed by atoms with Crippen molar-refractivity contribution in [3.63, 3.8) is 0 Å². The van der Waals surface area contributed by atoms with E-state index >= 15 is 0 Å². The zero-order valence-corrected chi connectivity index (χ0v) is 10.2. The maximum absolute atomic E-state index is 11.1. The van der Waals surface area contributed by atoms with Crippen molar-refractivity contribution in [2.75, 3.05) is 5.73 Å². The van der Waals surface area contributed by atoms with Crippen LogP contribution in [0.5, 0.6) is 11.6 Å². The molecule has 5 N–H and O–H groups in total. The lowest BCUT2D eigenvalue weighted by molar-refractivity contribution is 0.0697. The summed E-state index contributed by atoms with van der Waals surface area (Å²) < 4.78 is 5.38. The molecule has 7 nitrogen and oxygen atoms in total. The number of carbonyl (C=O) groups is 2. The third-order valence-corrected chi connectivity index (χ3v) is 2.48. The molecular weight excluding hydrogens is 262 g/mol. The third kappa shape index (κ3) is 2.83. The predicted molar refractivity (Wildman–Crippen MR) is 70.6 cm³/mol. The van der Waals surface area contributed by atoms with Gasteiger partial charge in [0.05, 0.1) is 17.4 Å². The number of carboxylic acid groups (broad SMARTS) is 1. The molecule has 0 aliphatic rings. The summed E-state index contributed by atoms with van der Waals surface area (Å²) >= 11 is 0. The Morgan fingerprint density at radius 1 is 1.25 bits per heavy atom. The van der Waals surface area contributed by atoms with Crippen molar-refractivity contribution in [1.29, 1.82) is 0 Å². The number of nitrogens with two attached hydrogens (primary N) is 2. The van der Waals surface area contributed by atoms with Crippen LogP contribution in [-0.4, -0.2) is 22.0 Å². The van der Waals surface area contributed by atoms with Crippen LogP contribution < -0.4 is 16.2 Å². The molecule has 0 spiro atoms. The summed E-state index contributed by atoms with van der Waals surface area (Å²) in [6, 6.07) is 7.35. The number of anilines is 1. The number of nitrogens with zero attached hydrogens (tertiary/aromatic N) is 1. The smallest absolute Gasteiger partial charge is 0.338 e. The molecule has 0 saturated heterocycles. The van der Waals surface area contributed by atoms with Crippen LogP contribution >= 0.6 is 0 Å². The van der Waals surface area contributed by atoms with Crippen LogP contribution in [0.25, 0.3) is 0 Å². The number of carbonyl (C=O) groups excluding carboxylic acids is 1. The monoisotopic (exact) mass is 273 g/mol. The third-order valence-electron chi connectivity index (χ3n) is 2.48. The summed E-state index contributed by atoms with van der Waals surface area (Å²) in [7, 11) is 0. The maximum atomic E-state index is 11.1. The fraction of sp³-hybridized carbons (Fsp3) is 0. The van der Waals surface area contributed by atoms with Gasteiger partial charge >= 0.3 is 5.97 Å². The molecule has 1 heterocycles. The van der Waals surface area contributed by atoms with E-state index in [-0.39, 0.29) is 22.7 Å². The highest BCUT2D eigenvalue weighted by Gasteiger charge is 2.11. The molecular formula is C13H11N3O4. The van der Waals surface area contributed by atoms with E-state index in [4.69, 9.17) is 21.3 Å². The Balaban J connectivity index is 2.30. The first kappa shape index (κ1) is 13.3. The summed E-state index contributed by atoms with van der Waals surface area (Å²) in [5.41, 5.74) is 10.8. The minimum Gasteiger partial charge on any atom is -0.478 e. The highest BCUT2D eigenvalue weighted by atomic mass is 16.5. The van der Waals surface area contributed by atoms with Gasteiger partial charge in [0.1, 0.15) is 5.75 Å². The molecule has 0 radical (unpaired) electrons. The Morgan fingerprint density at radius 2 is 2.00 bits per heavy atom. The van der Waals surface area contributed by atoms with E-state index in [1.165, 1.54) is 24.4 Å². The number of primary amides is 1. The number of hydrogen-bond acceptors (Lipinski definition) is 5. The van der Waals surface area contributed by atoms with Crippen LogP contribution in [0.15, 0.2) is 36.5 Å². The van der Waals surface area contributed by atoms with E-state index in [1.54, 1.807) is 12.1 Å². The lowest BCUT2D eigenvalue weighted by Gasteiger charge is -2.07. The van der Waals surface area contributed by atoms with Gasteiger partial charge < -0.3 is 21.3 Å². The van der Waals surface area contributed by atoms with Crippen molar-refractivity contribution < 1.29 is 19.4 Å². The number of nitrogen functional groups attached to an aromatic ring is 1. The Labute approximate surface area is 113 Å². The van der Waals surface area contributed by atoms with Gasteiger partial charge in [-0.1, -0.05) is 6.07 Å². The molecule has 2 rings (SSSR count). The summed E-state index contributed by atoms with van der Waals surface area (Å²) in [4.78, 5) is 25.9. The van der Waals surface area contributed by atoms with Gasteiger partial charge in [-0.15, -0.1) is 0 Å². The second-order valence-electron chi connectivity index (χ2n) is 3.91. The molecule has 1 aromatic carbocycles. The summed E-state index contributed by atoms with van der Waals surface area (Å²) in [5.74, 6) is -1.40. The first-order valence-electron chi connectivity index (χ1n) is 5.54. The van der Waals surface area contributed by atoms with E-state index in [0.717, 1.165) is 0 Å². The van der Waals surface area contributed by atoms with Crippen molar-refractivity contribution in [3.8, 4) is 11.6 Å². The highest BCUT2D eigenvalue weighted by molar-refractivity contribution is 5.94. The number of aromatic carboxylic acids is 1. The highest BCUT2D eigenvalue weighted by Crippen LogP contribution is 2.23. The Kier molecular flexibility index (Phi) is 3.52. The average molecular weight is 273 g/mol. The number of carboxylic acids is 1. The minimum absolute atomic E-state index is 0.0377. The van der Waals surface area contributed by atoms with Gasteiger partial charge in [0.2, 0.25) is 11.8 Å². The van der Waals surface area contributed by atoms with Crippen molar-refractivity contribution in [1.82, 2.24) is 4.98 Å². The Hall–Kier alpha value is -3.09. The quantitative estimate of drug-likeness (QED) is 0.768. The van der Waals surface area contributed by atoms with E-state index < -0.39 is 11.9 Å². The second kappa shape index (κ2) is 5.27. The van der Waals surface area contributed by atoms with Crippen LogP contribution in [0, 0.1) is 0 Å². The van der Waals surface area contributed by atoms with Crippen LogP contribution in [0.4, 0.5) is 5.69 Å². The maximum Gasteiger partial charge on any atom is 0.338 e. The molecule has 0 unspecified atom stereocenters. The number of pyridine rings is 1. The van der Waals surface area contributed by atoms with E-state index in [2.05, 4.69) is 4.98 Å². The Bertz CT molecular complexity index is 685. The zero-order chi connectivity index (χ0) is 14.7. The molecule has 0 bridgehead atoms. The predicted octanol–water partition coefficient (Wildman–Crippen LogP) is 1.25. The molecule has 102 valence electrons. The number of ether oxygens (including phenoxy) is 1. The van der Waals surface area contributed by atoms with Crippen molar-refractivity contribution >= 4 is 17.6 Å². The van der Waals surface area contributed by atoms with E-state index in [0.29, 0.717) is 5.75 Å². The van der Waals surface area contributed by atoms with Gasteiger partial charge in [0.25, 0.3) is 0 Å². The zero-order valence-electron chi connectivity index (χ0n) is 10.2. The first-order valence-corrected chi connectivity index (χ1v) is 5.54. The van der Waals surface area contributed by atoms with Crippen LogP contribution in [0.1, 0.15) is 20.7 Å². The van der Waals surface area contributed by atoms with Crippen molar-refractivity contribution in [2.24, 2.45) is 5.73 Å². The van der Waals surface area contributed by atoms with Gasteiger partial charge in [-0.25, -0.2) is 9.78 Å². The number of benzene rings is 1. The van der Waals surface area contributed by atoms with Gasteiger partial charge in [-0.2, -0.15) is 0 Å². The van der Waals surface area contributed by atoms with E-state index in [1.807, 2.05) is 0 Å². The Morgan fingerprint density at radius 3 is 2.65 bits per heavy atom. The molecule has 0 saturated carbocycles. The largest absolute Gasteiger partial charge is 0.478 e. The van der Waals surface area contributed by atoms with E-state index in [9.17, 15) is 9.59 Å². The van der Waals surface area contributed by atoms with Gasteiger partial charge in [-0.3, -0.25) is 4.79 Å². The normalized spacial score (nSPS) is 10.0. The fourth-order valence-electron chi connectivity index (χ4n) is 1.52. The van der Waals surface area contributed by atoms with Crippen LogP contribution in [0.3, 0.4) is 0 Å². The molecule has 1 amide bonds. The number of rotatable bonds is 4. The number of aromatic nitrogens is 1. The van der Waals surface area contributed by atoms with Crippen LogP contribution in [0.2, 0.25) is 0 Å². The molecule has 0 fully saturated rings. The topological polar surface area (TPSA) is 129 Å². The minimum atomic E-state index is -1.18. The molecule has 0 aliphatic heterocycles. The lowest BCUT2D eigenvalue weighted by atomic mass is 10.2. The number of amides is 1. The summed E-state index contributed by atoms with van der Waals surface area (Å²) in [6.45, 7) is 0. The standard InChI is InChI=1S/C13H11N3O4/c14-10-6-16-11(5-9(10)13(18)19)20-8-3-1-2-7(4-8)12(15)17/h1-6H,14H2,(H2,15,17)(H,18,19). The summed E-state index contributed by atoms with van der Waals surface area (Å²) in [5, 5.41) is 8.95. The first-order chi connectivity index (χ1) is 9.47. The van der Waals surface area contributed by atoms with Crippen LogP contribution in [-0.2, 0) is 0 Å². The van der Waals surface area contributed by atoms with Crippen molar-refractivity contribution in [3.05, 3.63) is 47.7 Å². The second-order valence-corrected chi connectivity index (χ2v) is 3.91. The molecule has 1 aromatic heterocycles. The number of hydrogen-bond donors (Lipinski definition) is 3.